The first-order valence-electron chi connectivity index (χ1n) is 6.54. The van der Waals surface area contributed by atoms with Crippen molar-refractivity contribution in [1.29, 1.82) is 0 Å². The third kappa shape index (κ3) is 2.78. The molecule has 1 heterocycles. The quantitative estimate of drug-likeness (QED) is 0.849. The smallest absolute Gasteiger partial charge is 0.256 e. The highest BCUT2D eigenvalue weighted by molar-refractivity contribution is 6.34. The molecule has 0 saturated carbocycles. The molecule has 1 aliphatic heterocycles. The minimum Gasteiger partial charge on any atom is -0.357 e. The fraction of sp³-hybridized carbons (Fsp3) is 0.429. The number of hydrogen-bond donors (Lipinski definition) is 2. The molecule has 1 aliphatic rings. The van der Waals surface area contributed by atoms with E-state index in [1.54, 1.807) is 24.1 Å². The summed E-state index contributed by atoms with van der Waals surface area (Å²) < 4.78 is 0. The van der Waals surface area contributed by atoms with Crippen LogP contribution in [0.25, 0.3) is 0 Å². The van der Waals surface area contributed by atoms with E-state index in [-0.39, 0.29) is 11.8 Å². The van der Waals surface area contributed by atoms with Crippen LogP contribution >= 0.6 is 11.6 Å². The van der Waals surface area contributed by atoms with Gasteiger partial charge >= 0.3 is 0 Å². The predicted octanol–water partition coefficient (Wildman–Crippen LogP) is 0.808. The molecule has 0 radical (unpaired) electrons. The van der Waals surface area contributed by atoms with E-state index in [0.717, 1.165) is 5.56 Å². The molecule has 1 atom stereocenters. The van der Waals surface area contributed by atoms with Gasteiger partial charge in [-0.1, -0.05) is 23.7 Å². The summed E-state index contributed by atoms with van der Waals surface area (Å²) in [6, 6.07) is 4.84. The van der Waals surface area contributed by atoms with Crippen molar-refractivity contribution in [2.75, 3.05) is 26.7 Å². The second kappa shape index (κ2) is 6.24. The number of halogens is 1. The van der Waals surface area contributed by atoms with Gasteiger partial charge in [-0.2, -0.15) is 0 Å². The molecule has 5 nitrogen and oxygen atoms in total. The third-order valence-electron chi connectivity index (χ3n) is 3.48. The van der Waals surface area contributed by atoms with Crippen LogP contribution in [0.4, 0.5) is 0 Å². The van der Waals surface area contributed by atoms with Crippen LogP contribution in [0.3, 0.4) is 0 Å². The number of carbonyl (C=O) groups excluding carboxylic acids is 2. The van der Waals surface area contributed by atoms with Gasteiger partial charge in [0.15, 0.2) is 0 Å². The molecule has 6 heteroatoms. The number of benzene rings is 1. The summed E-state index contributed by atoms with van der Waals surface area (Å²) in [7, 11) is 1.57. The lowest BCUT2D eigenvalue weighted by atomic mass is 10.1. The summed E-state index contributed by atoms with van der Waals surface area (Å²) in [5.74, 6) is -0.372. The number of nitrogens with zero attached hydrogens (tertiary/aromatic N) is 1. The molecule has 1 saturated heterocycles. The minimum atomic E-state index is -0.502. The molecule has 1 aromatic carbocycles. The summed E-state index contributed by atoms with van der Waals surface area (Å²) in [6.07, 6.45) is 0. The monoisotopic (exact) mass is 295 g/mol. The maximum absolute atomic E-state index is 12.6. The van der Waals surface area contributed by atoms with Crippen molar-refractivity contribution in [2.24, 2.45) is 0 Å². The second-order valence-corrected chi connectivity index (χ2v) is 5.15. The Hall–Kier alpha value is -1.59. The molecule has 2 N–H and O–H groups in total. The Balaban J connectivity index is 2.30. The van der Waals surface area contributed by atoms with E-state index in [1.807, 2.05) is 13.0 Å². The fourth-order valence-electron chi connectivity index (χ4n) is 2.32. The summed E-state index contributed by atoms with van der Waals surface area (Å²) in [5, 5.41) is 6.17. The van der Waals surface area contributed by atoms with Crippen LogP contribution in [0.1, 0.15) is 15.9 Å². The standard InChI is InChI=1S/C14H18ClN3O2/c1-9-4-3-5-10(12(9)15)14(20)18-7-6-17-8-11(18)13(19)16-2/h3-5,11,17H,6-8H2,1-2H3,(H,16,19). The number of aryl methyl sites for hydroxylation is 1. The lowest BCUT2D eigenvalue weighted by Crippen LogP contribution is -2.59. The SMILES string of the molecule is CNC(=O)C1CNCCN1C(=O)c1cccc(C)c1Cl. The number of piperazine rings is 1. The molecular weight excluding hydrogens is 278 g/mol. The van der Waals surface area contributed by atoms with Crippen molar-refractivity contribution in [1.82, 2.24) is 15.5 Å². The molecule has 1 aromatic rings. The summed E-state index contributed by atoms with van der Waals surface area (Å²) in [5.41, 5.74) is 1.30. The Morgan fingerprint density at radius 3 is 2.90 bits per heavy atom. The molecule has 0 aliphatic carbocycles. The Bertz CT molecular complexity index is 533. The molecule has 0 spiro atoms. The number of nitrogens with one attached hydrogen (secondary N) is 2. The normalized spacial score (nSPS) is 18.8. The largest absolute Gasteiger partial charge is 0.357 e. The Kier molecular flexibility index (Phi) is 4.62. The Labute approximate surface area is 123 Å². The van der Waals surface area contributed by atoms with Gasteiger partial charge in [-0.25, -0.2) is 0 Å². The van der Waals surface area contributed by atoms with Crippen molar-refractivity contribution in [3.63, 3.8) is 0 Å². The molecule has 2 rings (SSSR count). The molecule has 1 unspecified atom stereocenters. The van der Waals surface area contributed by atoms with E-state index < -0.39 is 6.04 Å². The van der Waals surface area contributed by atoms with Gasteiger partial charge in [0.1, 0.15) is 6.04 Å². The van der Waals surface area contributed by atoms with Crippen LogP contribution in [0.15, 0.2) is 18.2 Å². The maximum atomic E-state index is 12.6. The van der Waals surface area contributed by atoms with Gasteiger partial charge < -0.3 is 15.5 Å². The van der Waals surface area contributed by atoms with E-state index in [9.17, 15) is 9.59 Å². The third-order valence-corrected chi connectivity index (χ3v) is 3.98. The lowest BCUT2D eigenvalue weighted by molar-refractivity contribution is -0.125. The minimum absolute atomic E-state index is 0.172. The second-order valence-electron chi connectivity index (χ2n) is 4.77. The average Bonchev–Trinajstić information content (AvgIpc) is 2.48. The van der Waals surface area contributed by atoms with E-state index in [0.29, 0.717) is 30.2 Å². The van der Waals surface area contributed by atoms with Crippen molar-refractivity contribution < 1.29 is 9.59 Å². The van der Waals surface area contributed by atoms with Gasteiger partial charge in [0.25, 0.3) is 5.91 Å². The van der Waals surface area contributed by atoms with Gasteiger partial charge in [-0.15, -0.1) is 0 Å². The van der Waals surface area contributed by atoms with Crippen molar-refractivity contribution >= 4 is 23.4 Å². The highest BCUT2D eigenvalue weighted by Gasteiger charge is 2.32. The Morgan fingerprint density at radius 2 is 2.20 bits per heavy atom. The molecule has 2 amide bonds. The zero-order valence-corrected chi connectivity index (χ0v) is 12.3. The van der Waals surface area contributed by atoms with Crippen LogP contribution < -0.4 is 10.6 Å². The molecule has 108 valence electrons. The lowest BCUT2D eigenvalue weighted by Gasteiger charge is -2.35. The van der Waals surface area contributed by atoms with Crippen LogP contribution in [0.2, 0.25) is 5.02 Å². The summed E-state index contributed by atoms with van der Waals surface area (Å²) in [6.45, 7) is 3.46. The molecule has 0 aromatic heterocycles. The first-order chi connectivity index (χ1) is 9.56. The molecule has 1 fully saturated rings. The highest BCUT2D eigenvalue weighted by Crippen LogP contribution is 2.23. The highest BCUT2D eigenvalue weighted by atomic mass is 35.5. The van der Waals surface area contributed by atoms with Gasteiger partial charge in [-0.3, -0.25) is 9.59 Å². The molecule has 20 heavy (non-hydrogen) atoms. The first-order valence-corrected chi connectivity index (χ1v) is 6.92. The van der Waals surface area contributed by atoms with Crippen molar-refractivity contribution in [2.45, 2.75) is 13.0 Å². The van der Waals surface area contributed by atoms with Crippen LogP contribution in [-0.2, 0) is 4.79 Å². The Morgan fingerprint density at radius 1 is 1.45 bits per heavy atom. The average molecular weight is 296 g/mol. The van der Waals surface area contributed by atoms with Crippen LogP contribution in [0.5, 0.6) is 0 Å². The van der Waals surface area contributed by atoms with Gasteiger partial charge in [0, 0.05) is 26.7 Å². The van der Waals surface area contributed by atoms with E-state index >= 15 is 0 Å². The first kappa shape index (κ1) is 14.8. The van der Waals surface area contributed by atoms with Gasteiger partial charge in [-0.05, 0) is 18.6 Å². The van der Waals surface area contributed by atoms with Crippen LogP contribution in [0, 0.1) is 6.92 Å². The van der Waals surface area contributed by atoms with E-state index in [1.165, 1.54) is 0 Å². The van der Waals surface area contributed by atoms with Crippen molar-refractivity contribution in [3.05, 3.63) is 34.3 Å². The molecule has 0 bridgehead atoms. The maximum Gasteiger partial charge on any atom is 0.256 e. The van der Waals surface area contributed by atoms with E-state index in [4.69, 9.17) is 11.6 Å². The number of amides is 2. The van der Waals surface area contributed by atoms with E-state index in [2.05, 4.69) is 10.6 Å². The van der Waals surface area contributed by atoms with Gasteiger partial charge in [0.2, 0.25) is 5.91 Å². The summed E-state index contributed by atoms with van der Waals surface area (Å²) in [4.78, 5) is 26.1. The number of rotatable bonds is 2. The van der Waals surface area contributed by atoms with Gasteiger partial charge in [0.05, 0.1) is 10.6 Å². The number of carbonyl (C=O) groups is 2. The summed E-state index contributed by atoms with van der Waals surface area (Å²) >= 11 is 6.20. The zero-order chi connectivity index (χ0) is 14.7. The fourth-order valence-corrected chi connectivity index (χ4v) is 2.52. The predicted molar refractivity (Wildman–Crippen MR) is 77.9 cm³/mol. The van der Waals surface area contributed by atoms with Crippen LogP contribution in [-0.4, -0.2) is 49.4 Å². The topological polar surface area (TPSA) is 61.4 Å². The number of likely N-dealkylation sites (N-methyl/N-ethyl adjacent to an activating group) is 1. The zero-order valence-electron chi connectivity index (χ0n) is 11.6. The van der Waals surface area contributed by atoms with Crippen molar-refractivity contribution in [3.8, 4) is 0 Å². The number of hydrogen-bond acceptors (Lipinski definition) is 3. The molecular formula is C14H18ClN3O2.